The van der Waals surface area contributed by atoms with Gasteiger partial charge in [0.05, 0.1) is 17.2 Å². The number of carbonyl (C=O) groups excluding carboxylic acids is 1. The van der Waals surface area contributed by atoms with Crippen LogP contribution in [-0.4, -0.2) is 39.4 Å². The van der Waals surface area contributed by atoms with Gasteiger partial charge in [-0.05, 0) is 33.4 Å². The van der Waals surface area contributed by atoms with E-state index in [4.69, 9.17) is 0 Å². The lowest BCUT2D eigenvalue weighted by atomic mass is 10.1. The van der Waals surface area contributed by atoms with Crippen molar-refractivity contribution in [2.24, 2.45) is 0 Å². The summed E-state index contributed by atoms with van der Waals surface area (Å²) in [5.41, 5.74) is 4.12. The molecule has 1 amide bonds. The third kappa shape index (κ3) is 3.15. The number of amides is 1. The lowest BCUT2D eigenvalue weighted by Gasteiger charge is -2.21. The van der Waals surface area contributed by atoms with Crippen LogP contribution in [0.2, 0.25) is 0 Å². The second kappa shape index (κ2) is 6.50. The van der Waals surface area contributed by atoms with E-state index in [0.29, 0.717) is 18.3 Å². The highest BCUT2D eigenvalue weighted by Gasteiger charge is 2.26. The Kier molecular flexibility index (Phi) is 4.44. The Morgan fingerprint density at radius 1 is 1.50 bits per heavy atom. The van der Waals surface area contributed by atoms with E-state index >= 15 is 0 Å². The standard InChI is InChI=1S/C15H19N5OS/c1-10-16-6-11(7-17-15(21)12-8-22-9-18-12)14(19-10)13-4-3-5-20(13)2/h6,8-9,13H,3-5,7H2,1-2H3,(H,17,21). The molecule has 1 N–H and O–H groups in total. The molecule has 7 heteroatoms. The molecule has 116 valence electrons. The number of thiazole rings is 1. The number of aryl methyl sites for hydroxylation is 1. The van der Waals surface area contributed by atoms with Gasteiger partial charge < -0.3 is 5.32 Å². The van der Waals surface area contributed by atoms with Crippen LogP contribution < -0.4 is 5.32 Å². The second-order valence-corrected chi connectivity index (χ2v) is 6.24. The molecule has 0 aromatic carbocycles. The van der Waals surface area contributed by atoms with Gasteiger partial charge in [-0.15, -0.1) is 11.3 Å². The Morgan fingerprint density at radius 3 is 3.05 bits per heavy atom. The summed E-state index contributed by atoms with van der Waals surface area (Å²) >= 11 is 1.41. The van der Waals surface area contributed by atoms with Gasteiger partial charge in [-0.25, -0.2) is 15.0 Å². The van der Waals surface area contributed by atoms with Gasteiger partial charge in [0, 0.05) is 23.7 Å². The number of rotatable bonds is 4. The lowest BCUT2D eigenvalue weighted by molar-refractivity contribution is 0.0946. The highest BCUT2D eigenvalue weighted by atomic mass is 32.1. The van der Waals surface area contributed by atoms with E-state index in [1.807, 2.05) is 13.1 Å². The zero-order chi connectivity index (χ0) is 15.5. The molecule has 1 aliphatic heterocycles. The van der Waals surface area contributed by atoms with Gasteiger partial charge in [0.1, 0.15) is 11.5 Å². The number of likely N-dealkylation sites (tertiary alicyclic amines) is 1. The minimum Gasteiger partial charge on any atom is -0.346 e. The average Bonchev–Trinajstić information content (AvgIpc) is 3.17. The SMILES string of the molecule is Cc1ncc(CNC(=O)c2cscn2)c(C2CCCN2C)n1. The van der Waals surface area contributed by atoms with Crippen LogP contribution in [0.4, 0.5) is 0 Å². The number of carbonyl (C=O) groups is 1. The van der Waals surface area contributed by atoms with E-state index in [1.54, 1.807) is 10.9 Å². The molecule has 3 heterocycles. The van der Waals surface area contributed by atoms with Crippen molar-refractivity contribution in [3.8, 4) is 0 Å². The molecule has 22 heavy (non-hydrogen) atoms. The molecule has 0 radical (unpaired) electrons. The van der Waals surface area contributed by atoms with Crippen LogP contribution in [0.5, 0.6) is 0 Å². The van der Waals surface area contributed by atoms with Crippen LogP contribution in [0.3, 0.4) is 0 Å². The number of nitrogens with one attached hydrogen (secondary N) is 1. The first-order valence-electron chi connectivity index (χ1n) is 7.34. The Labute approximate surface area is 133 Å². The van der Waals surface area contributed by atoms with E-state index < -0.39 is 0 Å². The van der Waals surface area contributed by atoms with E-state index in [1.165, 1.54) is 17.8 Å². The molecule has 1 aliphatic rings. The van der Waals surface area contributed by atoms with Crippen molar-refractivity contribution in [1.82, 2.24) is 25.2 Å². The summed E-state index contributed by atoms with van der Waals surface area (Å²) < 4.78 is 0. The zero-order valence-corrected chi connectivity index (χ0v) is 13.6. The van der Waals surface area contributed by atoms with E-state index in [-0.39, 0.29) is 5.91 Å². The largest absolute Gasteiger partial charge is 0.346 e. The summed E-state index contributed by atoms with van der Waals surface area (Å²) in [6.07, 6.45) is 4.10. The van der Waals surface area contributed by atoms with Crippen molar-refractivity contribution in [3.05, 3.63) is 39.9 Å². The summed E-state index contributed by atoms with van der Waals surface area (Å²) in [4.78, 5) is 27.3. The first kappa shape index (κ1) is 15.1. The maximum absolute atomic E-state index is 12.0. The molecule has 1 unspecified atom stereocenters. The maximum atomic E-state index is 12.0. The molecule has 0 aliphatic carbocycles. The Balaban J connectivity index is 1.77. The molecule has 6 nitrogen and oxygen atoms in total. The fraction of sp³-hybridized carbons (Fsp3) is 0.467. The van der Waals surface area contributed by atoms with Gasteiger partial charge in [-0.1, -0.05) is 0 Å². The molecule has 2 aromatic rings. The van der Waals surface area contributed by atoms with Crippen LogP contribution in [0, 0.1) is 6.92 Å². The van der Waals surface area contributed by atoms with Gasteiger partial charge >= 0.3 is 0 Å². The van der Waals surface area contributed by atoms with E-state index in [2.05, 4.69) is 32.2 Å². The third-order valence-electron chi connectivity index (χ3n) is 3.96. The zero-order valence-electron chi connectivity index (χ0n) is 12.7. The molecule has 1 atom stereocenters. The molecule has 2 aromatic heterocycles. The molecular weight excluding hydrogens is 298 g/mol. The Morgan fingerprint density at radius 2 is 2.36 bits per heavy atom. The molecule has 3 rings (SSSR count). The van der Waals surface area contributed by atoms with Crippen molar-refractivity contribution in [3.63, 3.8) is 0 Å². The summed E-state index contributed by atoms with van der Waals surface area (Å²) in [5.74, 6) is 0.609. The summed E-state index contributed by atoms with van der Waals surface area (Å²) in [6.45, 7) is 3.41. The topological polar surface area (TPSA) is 71.0 Å². The Hall–Kier alpha value is -1.86. The minimum absolute atomic E-state index is 0.160. The molecule has 0 spiro atoms. The first-order valence-corrected chi connectivity index (χ1v) is 8.28. The smallest absolute Gasteiger partial charge is 0.271 e. The van der Waals surface area contributed by atoms with Crippen molar-refractivity contribution in [1.29, 1.82) is 0 Å². The van der Waals surface area contributed by atoms with Crippen LogP contribution in [0.25, 0.3) is 0 Å². The molecular formula is C15H19N5OS. The van der Waals surface area contributed by atoms with E-state index in [9.17, 15) is 4.79 Å². The highest BCUT2D eigenvalue weighted by molar-refractivity contribution is 7.07. The van der Waals surface area contributed by atoms with Crippen LogP contribution in [0.15, 0.2) is 17.1 Å². The number of hydrogen-bond donors (Lipinski definition) is 1. The van der Waals surface area contributed by atoms with Gasteiger partial charge in [0.2, 0.25) is 0 Å². The molecule has 0 saturated carbocycles. The van der Waals surface area contributed by atoms with Crippen molar-refractivity contribution < 1.29 is 4.79 Å². The fourth-order valence-corrected chi connectivity index (χ4v) is 3.32. The Bertz CT molecular complexity index is 658. The maximum Gasteiger partial charge on any atom is 0.271 e. The van der Waals surface area contributed by atoms with Gasteiger partial charge in [-0.2, -0.15) is 0 Å². The highest BCUT2D eigenvalue weighted by Crippen LogP contribution is 2.30. The van der Waals surface area contributed by atoms with Gasteiger partial charge in [0.15, 0.2) is 0 Å². The van der Waals surface area contributed by atoms with E-state index in [0.717, 1.165) is 30.0 Å². The van der Waals surface area contributed by atoms with Crippen molar-refractivity contribution in [2.45, 2.75) is 32.4 Å². The van der Waals surface area contributed by atoms with Crippen molar-refractivity contribution in [2.75, 3.05) is 13.6 Å². The van der Waals surface area contributed by atoms with Gasteiger partial charge in [0.25, 0.3) is 5.91 Å². The third-order valence-corrected chi connectivity index (χ3v) is 4.55. The van der Waals surface area contributed by atoms with Crippen LogP contribution in [0.1, 0.15) is 46.5 Å². The number of nitrogens with zero attached hydrogens (tertiary/aromatic N) is 4. The molecule has 1 fully saturated rings. The monoisotopic (exact) mass is 317 g/mol. The van der Waals surface area contributed by atoms with Crippen LogP contribution in [-0.2, 0) is 6.54 Å². The summed E-state index contributed by atoms with van der Waals surface area (Å²) in [5, 5.41) is 4.65. The average molecular weight is 317 g/mol. The predicted molar refractivity (Wildman–Crippen MR) is 84.7 cm³/mol. The number of aromatic nitrogens is 3. The first-order chi connectivity index (χ1) is 10.6. The lowest BCUT2D eigenvalue weighted by Crippen LogP contribution is -2.26. The predicted octanol–water partition coefficient (Wildman–Crippen LogP) is 1.94. The molecule has 0 bridgehead atoms. The van der Waals surface area contributed by atoms with Gasteiger partial charge in [-0.3, -0.25) is 9.69 Å². The fourth-order valence-electron chi connectivity index (χ4n) is 2.78. The minimum atomic E-state index is -0.160. The quantitative estimate of drug-likeness (QED) is 0.933. The second-order valence-electron chi connectivity index (χ2n) is 5.52. The van der Waals surface area contributed by atoms with Crippen LogP contribution >= 0.6 is 11.3 Å². The summed E-state index contributed by atoms with van der Waals surface area (Å²) in [7, 11) is 2.12. The summed E-state index contributed by atoms with van der Waals surface area (Å²) in [6, 6.07) is 0.313. The number of hydrogen-bond acceptors (Lipinski definition) is 6. The van der Waals surface area contributed by atoms with Crippen molar-refractivity contribution >= 4 is 17.2 Å². The normalized spacial score (nSPS) is 18.5. The molecule has 1 saturated heterocycles.